The summed E-state index contributed by atoms with van der Waals surface area (Å²) in [6, 6.07) is 13.2. The smallest absolute Gasteiger partial charge is 0.419 e. The molecule has 0 spiro atoms. The molecule has 4 aromatic rings. The molecule has 1 aromatic heterocycles. The van der Waals surface area contributed by atoms with E-state index in [1.165, 1.54) is 43.5 Å². The number of carbonyl (C=O) groups is 1. The Bertz CT molecular complexity index is 1670. The lowest BCUT2D eigenvalue weighted by molar-refractivity contribution is -0.153. The van der Waals surface area contributed by atoms with E-state index < -0.39 is 64.1 Å². The van der Waals surface area contributed by atoms with Crippen molar-refractivity contribution in [3.05, 3.63) is 124 Å². The fraction of sp³-hybridized carbons (Fsp3) is 0.273. The van der Waals surface area contributed by atoms with E-state index >= 15 is 4.39 Å². The monoisotopic (exact) mass is 637 g/mol. The number of ketones is 1. The number of nitrogens with zero attached hydrogens (tertiary/aromatic N) is 1. The van der Waals surface area contributed by atoms with Gasteiger partial charge in [0.1, 0.15) is 23.1 Å². The van der Waals surface area contributed by atoms with Crippen molar-refractivity contribution in [2.45, 2.75) is 51.1 Å². The zero-order valence-electron chi connectivity index (χ0n) is 24.1. The van der Waals surface area contributed by atoms with E-state index in [0.717, 1.165) is 18.2 Å². The minimum atomic E-state index is -5.12. The van der Waals surface area contributed by atoms with Gasteiger partial charge >= 0.3 is 18.5 Å². The number of hydrogen-bond acceptors (Lipinski definition) is 4. The van der Waals surface area contributed by atoms with E-state index in [9.17, 15) is 40.6 Å². The quantitative estimate of drug-likeness (QED) is 0.140. The standard InChI is InChI=1S/C33H27F8NO3/c1-18-4-11-28(42-17-18)32(16-20-5-8-24(43)9-6-20,22-13-23(34)15-25(14-22)45-31(3,38)30(36)37)19(2)29(44)21-7-10-27(35)26(12-21)33(39,40)41/h4-15,17,19,30,43H,16H2,1-3H3/t19?,31?,32-/m1/s1. The lowest BCUT2D eigenvalue weighted by Crippen LogP contribution is -2.43. The molecule has 238 valence electrons. The molecule has 4 rings (SSSR count). The highest BCUT2D eigenvalue weighted by Crippen LogP contribution is 2.45. The van der Waals surface area contributed by atoms with E-state index in [-0.39, 0.29) is 23.4 Å². The fourth-order valence-corrected chi connectivity index (χ4v) is 5.16. The van der Waals surface area contributed by atoms with Gasteiger partial charge in [-0.25, -0.2) is 17.6 Å². The molecular formula is C33H27F8NO3. The summed E-state index contributed by atoms with van der Waals surface area (Å²) in [4.78, 5) is 18.6. The summed E-state index contributed by atoms with van der Waals surface area (Å²) in [5, 5.41) is 9.85. The van der Waals surface area contributed by atoms with E-state index in [2.05, 4.69) is 4.98 Å². The Balaban J connectivity index is 2.02. The van der Waals surface area contributed by atoms with Crippen LogP contribution in [0.15, 0.2) is 79.0 Å². The van der Waals surface area contributed by atoms with Gasteiger partial charge in [-0.3, -0.25) is 9.78 Å². The van der Waals surface area contributed by atoms with Gasteiger partial charge < -0.3 is 9.84 Å². The predicted molar refractivity (Wildman–Crippen MR) is 149 cm³/mol. The molecule has 1 heterocycles. The molecule has 4 nitrogen and oxygen atoms in total. The zero-order valence-corrected chi connectivity index (χ0v) is 24.1. The molecule has 12 heteroatoms. The van der Waals surface area contributed by atoms with Crippen LogP contribution in [0.4, 0.5) is 35.1 Å². The minimum Gasteiger partial charge on any atom is -0.508 e. The first-order chi connectivity index (χ1) is 20.9. The maximum atomic E-state index is 15.2. The number of pyridine rings is 1. The highest BCUT2D eigenvalue weighted by atomic mass is 19.4. The highest BCUT2D eigenvalue weighted by Gasteiger charge is 2.46. The zero-order chi connectivity index (χ0) is 33.3. The minimum absolute atomic E-state index is 0.106. The van der Waals surface area contributed by atoms with Crippen molar-refractivity contribution in [1.29, 1.82) is 0 Å². The fourth-order valence-electron chi connectivity index (χ4n) is 5.16. The van der Waals surface area contributed by atoms with Gasteiger partial charge in [-0.15, -0.1) is 0 Å². The first kappa shape index (κ1) is 33.4. The molecule has 45 heavy (non-hydrogen) atoms. The third-order valence-corrected chi connectivity index (χ3v) is 7.57. The summed E-state index contributed by atoms with van der Waals surface area (Å²) in [5.74, 6) is -9.26. The van der Waals surface area contributed by atoms with Crippen LogP contribution in [-0.2, 0) is 18.0 Å². The third kappa shape index (κ3) is 7.10. The Morgan fingerprint density at radius 1 is 0.933 bits per heavy atom. The molecule has 3 aromatic carbocycles. The Kier molecular flexibility index (Phi) is 9.27. The van der Waals surface area contributed by atoms with Gasteiger partial charge in [0.25, 0.3) is 0 Å². The lowest BCUT2D eigenvalue weighted by Gasteiger charge is -2.39. The number of aromatic hydroxyl groups is 1. The summed E-state index contributed by atoms with van der Waals surface area (Å²) in [6.07, 6.45) is -7.51. The molecular weight excluding hydrogens is 610 g/mol. The SMILES string of the molecule is Cc1ccc([C@@](Cc2ccc(O)cc2)(c2cc(F)cc(OC(C)(F)C(F)F)c2)C(C)C(=O)c2ccc(F)c(C(F)(F)F)c2)nc1. The van der Waals surface area contributed by atoms with Gasteiger partial charge in [-0.2, -0.15) is 17.6 Å². The predicted octanol–water partition coefficient (Wildman–Crippen LogP) is 8.77. The largest absolute Gasteiger partial charge is 0.508 e. The summed E-state index contributed by atoms with van der Waals surface area (Å²) in [7, 11) is 0. The first-order valence-electron chi connectivity index (χ1n) is 13.5. The van der Waals surface area contributed by atoms with Crippen molar-refractivity contribution >= 4 is 5.78 Å². The second-order valence-electron chi connectivity index (χ2n) is 10.9. The lowest BCUT2D eigenvalue weighted by atomic mass is 9.63. The number of halogens is 8. The van der Waals surface area contributed by atoms with E-state index in [4.69, 9.17) is 4.74 Å². The number of phenolic OH excluding ortho intramolecular Hbond substituents is 1. The third-order valence-electron chi connectivity index (χ3n) is 7.57. The molecule has 0 bridgehead atoms. The average molecular weight is 638 g/mol. The molecule has 0 radical (unpaired) electrons. The van der Waals surface area contributed by atoms with Gasteiger partial charge in [0.05, 0.1) is 16.7 Å². The molecule has 0 saturated carbocycles. The van der Waals surface area contributed by atoms with Crippen LogP contribution in [0.25, 0.3) is 0 Å². The number of carbonyl (C=O) groups excluding carboxylic acids is 1. The van der Waals surface area contributed by atoms with Crippen molar-refractivity contribution in [3.8, 4) is 11.5 Å². The van der Waals surface area contributed by atoms with Gasteiger partial charge in [0.2, 0.25) is 0 Å². The maximum Gasteiger partial charge on any atom is 0.419 e. The van der Waals surface area contributed by atoms with Gasteiger partial charge in [0.15, 0.2) is 5.78 Å². The molecule has 3 atom stereocenters. The van der Waals surface area contributed by atoms with Crippen molar-refractivity contribution < 1.29 is 49.8 Å². The van der Waals surface area contributed by atoms with Crippen LogP contribution in [0.3, 0.4) is 0 Å². The number of Topliss-reactive ketones (excluding diaryl/α,β-unsaturated/α-hetero) is 1. The Morgan fingerprint density at radius 2 is 1.60 bits per heavy atom. The van der Waals surface area contributed by atoms with Crippen LogP contribution < -0.4 is 4.74 Å². The van der Waals surface area contributed by atoms with Crippen LogP contribution in [0, 0.1) is 24.5 Å². The number of rotatable bonds is 10. The summed E-state index contributed by atoms with van der Waals surface area (Å²) in [6.45, 7) is 3.52. The number of hydrogen-bond donors (Lipinski definition) is 1. The molecule has 0 aliphatic heterocycles. The highest BCUT2D eigenvalue weighted by molar-refractivity contribution is 5.99. The van der Waals surface area contributed by atoms with Crippen LogP contribution >= 0.6 is 0 Å². The number of aromatic nitrogens is 1. The van der Waals surface area contributed by atoms with Crippen molar-refractivity contribution in [1.82, 2.24) is 4.98 Å². The van der Waals surface area contributed by atoms with Crippen LogP contribution in [0.1, 0.15) is 52.2 Å². The topological polar surface area (TPSA) is 59.4 Å². The normalized spacial score (nSPS) is 15.3. The number of phenols is 1. The molecule has 0 amide bonds. The molecule has 1 N–H and O–H groups in total. The Morgan fingerprint density at radius 3 is 2.18 bits per heavy atom. The summed E-state index contributed by atoms with van der Waals surface area (Å²) in [5.41, 5.74) is -2.82. The molecule has 0 aliphatic rings. The second kappa shape index (κ2) is 12.5. The van der Waals surface area contributed by atoms with Gasteiger partial charge in [0, 0.05) is 30.7 Å². The Labute approximate surface area is 253 Å². The number of aryl methyl sites for hydroxylation is 1. The van der Waals surface area contributed by atoms with Crippen LogP contribution in [0.5, 0.6) is 11.5 Å². The molecule has 2 unspecified atom stereocenters. The average Bonchev–Trinajstić information content (AvgIpc) is 2.95. The van der Waals surface area contributed by atoms with Gasteiger partial charge in [-0.05, 0) is 78.6 Å². The van der Waals surface area contributed by atoms with Gasteiger partial charge in [-0.1, -0.05) is 25.1 Å². The van der Waals surface area contributed by atoms with E-state index in [1.54, 1.807) is 13.0 Å². The van der Waals surface area contributed by atoms with E-state index in [1.807, 2.05) is 0 Å². The second-order valence-corrected chi connectivity index (χ2v) is 10.9. The summed E-state index contributed by atoms with van der Waals surface area (Å²) >= 11 is 0. The van der Waals surface area contributed by atoms with Crippen LogP contribution in [0.2, 0.25) is 0 Å². The maximum absolute atomic E-state index is 15.2. The van der Waals surface area contributed by atoms with Crippen molar-refractivity contribution in [2.24, 2.45) is 5.92 Å². The van der Waals surface area contributed by atoms with Crippen LogP contribution in [-0.4, -0.2) is 28.2 Å². The number of benzene rings is 3. The Hall–Kier alpha value is -4.48. The number of alkyl halides is 6. The molecule has 0 fully saturated rings. The summed E-state index contributed by atoms with van der Waals surface area (Å²) < 4.78 is 116. The van der Waals surface area contributed by atoms with Crippen molar-refractivity contribution in [3.63, 3.8) is 0 Å². The molecule has 0 saturated heterocycles. The van der Waals surface area contributed by atoms with E-state index in [0.29, 0.717) is 36.2 Å². The molecule has 0 aliphatic carbocycles. The van der Waals surface area contributed by atoms with Crippen molar-refractivity contribution in [2.75, 3.05) is 0 Å². The number of ether oxygens (including phenoxy) is 1. The first-order valence-corrected chi connectivity index (χ1v) is 13.5.